The van der Waals surface area contributed by atoms with Gasteiger partial charge in [-0.3, -0.25) is 4.79 Å². The Hall–Kier alpha value is -1.39. The number of rotatable bonds is 7. The lowest BCUT2D eigenvalue weighted by molar-refractivity contribution is -0.123. The smallest absolute Gasteiger partial charge is 0.223 e. The highest BCUT2D eigenvalue weighted by Gasteiger charge is 2.19. The molecule has 1 unspecified atom stereocenters. The summed E-state index contributed by atoms with van der Waals surface area (Å²) in [4.78, 5) is 14.2. The Bertz CT molecular complexity index is 430. The van der Waals surface area contributed by atoms with Crippen LogP contribution in [-0.2, 0) is 4.79 Å². The van der Waals surface area contributed by atoms with Crippen LogP contribution in [0.1, 0.15) is 43.8 Å². The second kappa shape index (κ2) is 8.15. The molecular weight excluding hydrogens is 264 g/mol. The van der Waals surface area contributed by atoms with Crippen molar-refractivity contribution < 1.29 is 9.90 Å². The van der Waals surface area contributed by atoms with Crippen molar-refractivity contribution in [2.75, 3.05) is 20.1 Å². The molecule has 116 valence electrons. The Morgan fingerprint density at radius 1 is 1.33 bits per heavy atom. The summed E-state index contributed by atoms with van der Waals surface area (Å²) < 4.78 is 0. The second-order valence-electron chi connectivity index (χ2n) is 5.90. The average molecular weight is 290 g/mol. The largest absolute Gasteiger partial charge is 0.388 e. The van der Waals surface area contributed by atoms with Crippen molar-refractivity contribution in [2.45, 2.75) is 44.2 Å². The molecular formula is C17H26N2O2. The third kappa shape index (κ3) is 5.14. The third-order valence-electron chi connectivity index (χ3n) is 4.30. The minimum Gasteiger partial charge on any atom is -0.388 e. The summed E-state index contributed by atoms with van der Waals surface area (Å²) in [5, 5.41) is 12.9. The van der Waals surface area contributed by atoms with Gasteiger partial charge in [-0.05, 0) is 25.5 Å². The first kappa shape index (κ1) is 16.0. The van der Waals surface area contributed by atoms with Crippen molar-refractivity contribution in [1.29, 1.82) is 0 Å². The topological polar surface area (TPSA) is 52.6 Å². The lowest BCUT2D eigenvalue weighted by Gasteiger charge is -2.24. The fourth-order valence-corrected chi connectivity index (χ4v) is 2.94. The van der Waals surface area contributed by atoms with E-state index < -0.39 is 6.10 Å². The van der Waals surface area contributed by atoms with Gasteiger partial charge in [0.25, 0.3) is 0 Å². The summed E-state index contributed by atoms with van der Waals surface area (Å²) in [5.41, 5.74) is 0.788. The zero-order valence-corrected chi connectivity index (χ0v) is 12.8. The number of nitrogens with one attached hydrogen (secondary N) is 1. The molecule has 0 radical (unpaired) electrons. The van der Waals surface area contributed by atoms with Crippen LogP contribution in [0, 0.1) is 0 Å². The molecule has 2 N–H and O–H groups in total. The van der Waals surface area contributed by atoms with Gasteiger partial charge >= 0.3 is 0 Å². The first-order valence-electron chi connectivity index (χ1n) is 7.87. The molecule has 4 nitrogen and oxygen atoms in total. The summed E-state index contributed by atoms with van der Waals surface area (Å²) in [6.45, 7) is 1.52. The summed E-state index contributed by atoms with van der Waals surface area (Å²) in [5.74, 6) is -0.0915. The monoisotopic (exact) mass is 290 g/mol. The predicted molar refractivity (Wildman–Crippen MR) is 83.9 cm³/mol. The molecule has 0 aliphatic heterocycles. The molecule has 1 fully saturated rings. The number of benzene rings is 1. The number of hydrogen-bond acceptors (Lipinski definition) is 3. The molecule has 0 saturated heterocycles. The molecule has 2 rings (SSSR count). The maximum atomic E-state index is 11.8. The molecule has 1 aliphatic carbocycles. The van der Waals surface area contributed by atoms with E-state index >= 15 is 0 Å². The Morgan fingerprint density at radius 3 is 2.67 bits per heavy atom. The van der Waals surface area contributed by atoms with Gasteiger partial charge in [0.2, 0.25) is 5.91 Å². The number of aliphatic hydroxyl groups excluding tert-OH is 1. The number of hydrogen-bond donors (Lipinski definition) is 2. The van der Waals surface area contributed by atoms with Crippen LogP contribution in [-0.4, -0.2) is 42.1 Å². The zero-order valence-electron chi connectivity index (χ0n) is 12.8. The van der Waals surface area contributed by atoms with E-state index in [9.17, 15) is 9.90 Å². The second-order valence-corrected chi connectivity index (χ2v) is 5.90. The highest BCUT2D eigenvalue weighted by Crippen LogP contribution is 2.21. The number of nitrogens with zero attached hydrogens (tertiary/aromatic N) is 1. The molecule has 0 bridgehead atoms. The highest BCUT2D eigenvalue weighted by atomic mass is 16.3. The van der Waals surface area contributed by atoms with Gasteiger partial charge in [-0.25, -0.2) is 0 Å². The first-order chi connectivity index (χ1) is 10.2. The molecule has 4 heteroatoms. The normalized spacial score (nSPS) is 17.1. The van der Waals surface area contributed by atoms with Gasteiger partial charge < -0.3 is 15.3 Å². The molecule has 1 aromatic rings. The van der Waals surface area contributed by atoms with Crippen molar-refractivity contribution in [1.82, 2.24) is 10.2 Å². The highest BCUT2D eigenvalue weighted by molar-refractivity contribution is 5.76. The van der Waals surface area contributed by atoms with E-state index in [0.717, 1.165) is 12.1 Å². The zero-order chi connectivity index (χ0) is 15.1. The molecule has 0 aromatic heterocycles. The Labute approximate surface area is 127 Å². The van der Waals surface area contributed by atoms with Crippen LogP contribution in [0.4, 0.5) is 0 Å². The molecule has 21 heavy (non-hydrogen) atoms. The SMILES string of the molecule is CN(CCNC(=O)CC(O)c1ccccc1)C1CCCC1. The summed E-state index contributed by atoms with van der Waals surface area (Å²) in [6.07, 6.45) is 4.60. The van der Waals surface area contributed by atoms with Crippen molar-refractivity contribution in [2.24, 2.45) is 0 Å². The quantitative estimate of drug-likeness (QED) is 0.808. The summed E-state index contributed by atoms with van der Waals surface area (Å²) >= 11 is 0. The molecule has 0 heterocycles. The standard InChI is InChI=1S/C17H26N2O2/c1-19(15-9-5-6-10-15)12-11-18-17(21)13-16(20)14-7-3-2-4-8-14/h2-4,7-8,15-16,20H,5-6,9-13H2,1H3,(H,18,21). The molecule has 1 aromatic carbocycles. The van der Waals surface area contributed by atoms with Gasteiger partial charge in [0, 0.05) is 19.1 Å². The van der Waals surface area contributed by atoms with Crippen LogP contribution in [0.15, 0.2) is 30.3 Å². The number of carbonyl (C=O) groups excluding carboxylic acids is 1. The average Bonchev–Trinajstić information content (AvgIpc) is 3.02. The van der Waals surface area contributed by atoms with Gasteiger partial charge in [-0.1, -0.05) is 43.2 Å². The summed E-state index contributed by atoms with van der Waals surface area (Å²) in [6, 6.07) is 9.99. The molecule has 1 saturated carbocycles. The number of aliphatic hydroxyl groups is 1. The first-order valence-corrected chi connectivity index (χ1v) is 7.87. The summed E-state index contributed by atoms with van der Waals surface area (Å²) in [7, 11) is 2.13. The fourth-order valence-electron chi connectivity index (χ4n) is 2.94. The maximum Gasteiger partial charge on any atom is 0.223 e. The van der Waals surface area contributed by atoms with Crippen LogP contribution >= 0.6 is 0 Å². The van der Waals surface area contributed by atoms with Crippen molar-refractivity contribution in [3.8, 4) is 0 Å². The van der Waals surface area contributed by atoms with Crippen LogP contribution in [0.3, 0.4) is 0 Å². The Morgan fingerprint density at radius 2 is 2.00 bits per heavy atom. The predicted octanol–water partition coefficient (Wildman–Crippen LogP) is 2.10. The number of carbonyl (C=O) groups is 1. The van der Waals surface area contributed by atoms with E-state index in [1.807, 2.05) is 30.3 Å². The van der Waals surface area contributed by atoms with Gasteiger partial charge in [-0.15, -0.1) is 0 Å². The number of likely N-dealkylation sites (N-methyl/N-ethyl adjacent to an activating group) is 1. The van der Waals surface area contributed by atoms with E-state index in [1.54, 1.807) is 0 Å². The van der Waals surface area contributed by atoms with Gasteiger partial charge in [-0.2, -0.15) is 0 Å². The van der Waals surface area contributed by atoms with Crippen LogP contribution in [0.25, 0.3) is 0 Å². The van der Waals surface area contributed by atoms with E-state index in [-0.39, 0.29) is 12.3 Å². The minimum absolute atomic E-state index is 0.0915. The Balaban J connectivity index is 1.65. The Kier molecular flexibility index (Phi) is 6.21. The molecule has 0 spiro atoms. The van der Waals surface area contributed by atoms with Crippen molar-refractivity contribution in [3.63, 3.8) is 0 Å². The van der Waals surface area contributed by atoms with E-state index in [4.69, 9.17) is 0 Å². The van der Waals surface area contributed by atoms with Crippen molar-refractivity contribution >= 4 is 5.91 Å². The van der Waals surface area contributed by atoms with Gasteiger partial charge in [0.15, 0.2) is 0 Å². The van der Waals surface area contributed by atoms with Gasteiger partial charge in [0.05, 0.1) is 12.5 Å². The van der Waals surface area contributed by atoms with E-state index in [0.29, 0.717) is 12.6 Å². The van der Waals surface area contributed by atoms with E-state index in [2.05, 4.69) is 17.3 Å². The molecule has 1 aliphatic rings. The van der Waals surface area contributed by atoms with Crippen LogP contribution < -0.4 is 5.32 Å². The van der Waals surface area contributed by atoms with E-state index in [1.165, 1.54) is 25.7 Å². The minimum atomic E-state index is -0.723. The van der Waals surface area contributed by atoms with Crippen molar-refractivity contribution in [3.05, 3.63) is 35.9 Å². The lowest BCUT2D eigenvalue weighted by atomic mass is 10.1. The maximum absolute atomic E-state index is 11.8. The fraction of sp³-hybridized carbons (Fsp3) is 0.588. The van der Waals surface area contributed by atoms with Gasteiger partial charge in [0.1, 0.15) is 0 Å². The van der Waals surface area contributed by atoms with Crippen LogP contribution in [0.2, 0.25) is 0 Å². The van der Waals surface area contributed by atoms with Crippen LogP contribution in [0.5, 0.6) is 0 Å². The third-order valence-corrected chi connectivity index (χ3v) is 4.30. The molecule has 1 amide bonds. The number of amides is 1. The lowest BCUT2D eigenvalue weighted by Crippen LogP contribution is -2.37. The molecule has 1 atom stereocenters.